The number of nitrogens with one attached hydrogen (secondary N) is 1. The van der Waals surface area contributed by atoms with Gasteiger partial charge in [0.25, 0.3) is 0 Å². The summed E-state index contributed by atoms with van der Waals surface area (Å²) in [6.07, 6.45) is 113. The van der Waals surface area contributed by atoms with E-state index in [1.54, 1.807) is 6.08 Å². The van der Waals surface area contributed by atoms with Crippen molar-refractivity contribution in [3.8, 4) is 0 Å². The van der Waals surface area contributed by atoms with Gasteiger partial charge in [-0.2, -0.15) is 0 Å². The van der Waals surface area contributed by atoms with Crippen molar-refractivity contribution >= 4 is 13.7 Å². The maximum atomic E-state index is 13.1. The second-order valence-corrected chi connectivity index (χ2v) is 28.1. The molecule has 0 aromatic carbocycles. The molecule has 8 nitrogen and oxygen atoms in total. The van der Waals surface area contributed by atoms with E-state index in [9.17, 15) is 19.4 Å². The molecule has 0 spiro atoms. The third kappa shape index (κ3) is 75.4. The van der Waals surface area contributed by atoms with Crippen molar-refractivity contribution in [3.05, 3.63) is 158 Å². The Kier molecular flexibility index (Phi) is 69.4. The topological polar surface area (TPSA) is 105 Å². The van der Waals surface area contributed by atoms with Crippen LogP contribution in [-0.2, 0) is 18.4 Å². The highest BCUT2D eigenvalue weighted by Crippen LogP contribution is 2.43. The zero-order chi connectivity index (χ0) is 67.6. The van der Waals surface area contributed by atoms with Crippen LogP contribution in [0.3, 0.4) is 0 Å². The molecule has 1 amide bonds. The molecule has 0 heterocycles. The number of likely N-dealkylation sites (N-methyl/N-ethyl adjacent to an activating group) is 1. The highest BCUT2D eigenvalue weighted by Gasteiger charge is 2.28. The van der Waals surface area contributed by atoms with Crippen LogP contribution >= 0.6 is 7.82 Å². The second kappa shape index (κ2) is 72.4. The van der Waals surface area contributed by atoms with Crippen molar-refractivity contribution < 1.29 is 32.9 Å². The van der Waals surface area contributed by atoms with E-state index in [0.717, 1.165) is 109 Å². The third-order valence-corrected chi connectivity index (χ3v) is 17.5. The summed E-state index contributed by atoms with van der Waals surface area (Å²) in [7, 11) is 1.53. The molecule has 0 aliphatic heterocycles. The lowest BCUT2D eigenvalue weighted by molar-refractivity contribution is -0.870. The summed E-state index contributed by atoms with van der Waals surface area (Å²) in [5.74, 6) is -0.222. The number of hydrogen-bond donors (Lipinski definition) is 3. The molecule has 0 rings (SSSR count). The molecule has 3 atom stereocenters. The summed E-state index contributed by atoms with van der Waals surface area (Å²) < 4.78 is 23.8. The van der Waals surface area contributed by atoms with Gasteiger partial charge >= 0.3 is 7.82 Å². The minimum absolute atomic E-state index is 0.0450. The number of nitrogens with zero attached hydrogens (tertiary/aromatic N) is 1. The molecule has 0 aliphatic rings. The number of phosphoric ester groups is 1. The summed E-state index contributed by atoms with van der Waals surface area (Å²) in [4.78, 5) is 23.4. The van der Waals surface area contributed by atoms with E-state index >= 15 is 0 Å². The lowest BCUT2D eigenvalue weighted by atomic mass is 10.0. The lowest BCUT2D eigenvalue weighted by Crippen LogP contribution is -2.45. The number of aliphatic hydroxyl groups is 1. The lowest BCUT2D eigenvalue weighted by Gasteiger charge is -2.25. The number of rotatable bonds is 69. The van der Waals surface area contributed by atoms with Crippen molar-refractivity contribution in [2.24, 2.45) is 0 Å². The van der Waals surface area contributed by atoms with Crippen LogP contribution in [0, 0.1) is 0 Å². The van der Waals surface area contributed by atoms with Crippen LogP contribution < -0.4 is 5.32 Å². The van der Waals surface area contributed by atoms with E-state index in [-0.39, 0.29) is 19.1 Å². The fourth-order valence-electron chi connectivity index (χ4n) is 10.6. The molecule has 532 valence electrons. The van der Waals surface area contributed by atoms with E-state index in [1.807, 2.05) is 27.2 Å². The first kappa shape index (κ1) is 89.1. The molecule has 3 unspecified atom stereocenters. The fraction of sp³-hybridized carbons (Fsp3) is 0.679. The molecule has 0 aromatic heterocycles. The van der Waals surface area contributed by atoms with Gasteiger partial charge in [0.2, 0.25) is 5.91 Å². The summed E-state index contributed by atoms with van der Waals surface area (Å²) in [6, 6.07) is -0.884. The van der Waals surface area contributed by atoms with Crippen molar-refractivity contribution in [1.29, 1.82) is 0 Å². The SMILES string of the molecule is CC/C=C\C/C=C\C/C=C\C/C=C\C/C=C\C/C=C\C/C=C\C/C=C\C/C=C\C/C=C\C/C=C\C/C=C\CCCCC(=O)NC(COP(=O)(O)OCC[N+](C)(C)C)C(O)/C=C/CCCCCCCCCCCCCCCCCCCCCCCCCCCCCCCC. The Morgan fingerprint density at radius 1 is 0.376 bits per heavy atom. The first-order chi connectivity index (χ1) is 45.5. The zero-order valence-corrected chi connectivity index (χ0v) is 61.8. The predicted molar refractivity (Wildman–Crippen MR) is 410 cm³/mol. The molecule has 0 bridgehead atoms. The van der Waals surface area contributed by atoms with Crippen LogP contribution in [0.1, 0.15) is 316 Å². The van der Waals surface area contributed by atoms with Crippen molar-refractivity contribution in [2.45, 2.75) is 328 Å². The third-order valence-electron chi connectivity index (χ3n) is 16.5. The molecular formula is C84H146N2O6P+. The van der Waals surface area contributed by atoms with Crippen molar-refractivity contribution in [1.82, 2.24) is 5.32 Å². The summed E-state index contributed by atoms with van der Waals surface area (Å²) in [6.45, 7) is 4.68. The Morgan fingerprint density at radius 2 is 0.645 bits per heavy atom. The zero-order valence-electron chi connectivity index (χ0n) is 60.9. The van der Waals surface area contributed by atoms with Crippen LogP contribution in [-0.4, -0.2) is 73.4 Å². The number of hydrogen-bond acceptors (Lipinski definition) is 5. The Morgan fingerprint density at radius 3 is 0.946 bits per heavy atom. The van der Waals surface area contributed by atoms with Gasteiger partial charge in [0.1, 0.15) is 13.2 Å². The molecule has 0 fully saturated rings. The highest BCUT2D eigenvalue weighted by molar-refractivity contribution is 7.47. The molecular weight excluding hydrogens is 1160 g/mol. The number of allylic oxidation sites excluding steroid dienone is 25. The predicted octanol–water partition coefficient (Wildman–Crippen LogP) is 25.3. The molecule has 93 heavy (non-hydrogen) atoms. The summed E-state index contributed by atoms with van der Waals surface area (Å²) in [5, 5.41) is 14.0. The van der Waals surface area contributed by atoms with Crippen LogP contribution in [0.15, 0.2) is 158 Å². The fourth-order valence-corrected chi connectivity index (χ4v) is 11.4. The molecule has 0 saturated carbocycles. The minimum atomic E-state index is -4.38. The maximum Gasteiger partial charge on any atom is 0.472 e. The summed E-state index contributed by atoms with van der Waals surface area (Å²) in [5.41, 5.74) is 0. The molecule has 0 aromatic rings. The quantitative estimate of drug-likeness (QED) is 0.0243. The minimum Gasteiger partial charge on any atom is -0.387 e. The number of quaternary nitrogens is 1. The first-order valence-corrected chi connectivity index (χ1v) is 39.9. The maximum absolute atomic E-state index is 13.1. The molecule has 0 saturated heterocycles. The van der Waals surface area contributed by atoms with Crippen molar-refractivity contribution in [2.75, 3.05) is 40.9 Å². The highest BCUT2D eigenvalue weighted by atomic mass is 31.2. The van der Waals surface area contributed by atoms with E-state index in [0.29, 0.717) is 23.9 Å². The standard InChI is InChI=1S/C84H145N2O6P/c1-6-8-10-12-14-16-18-20-22-24-26-28-30-32-34-36-38-40-41-42-43-44-45-46-48-50-52-54-56-58-60-62-64-66-68-70-72-74-76-78-84(88)85-82(81-92-93(89,90)91-80-79-86(3,4)5)83(87)77-75-73-71-69-67-65-63-61-59-57-55-53-51-49-47-39-37-35-33-31-29-27-25-23-21-19-17-15-13-11-9-7-2/h8,10,14,16,20,22,26,28,32,34,38,40,42-43,45-46,50,52,56,58,62,64,68,70,75,77,82-83,87H,6-7,9,11-13,15,17-19,21,23-25,27,29-31,33,35-37,39,41,44,47-49,51,53-55,57,59-61,63,65-67,69,71-74,76,78-81H2,1-5H3,(H-,85,88,89,90)/p+1/b10-8-,16-14-,22-20-,28-26-,34-32-,40-38-,43-42-,46-45-,52-50-,58-56-,64-62-,70-68-,77-75+. The Bertz CT molecular complexity index is 2080. The molecule has 0 radical (unpaired) electrons. The number of carbonyl (C=O) groups excluding carboxylic acids is 1. The van der Waals surface area contributed by atoms with Gasteiger partial charge < -0.3 is 19.8 Å². The van der Waals surface area contributed by atoms with Crippen molar-refractivity contribution in [3.63, 3.8) is 0 Å². The average Bonchev–Trinajstić information content (AvgIpc) is 1.94. The van der Waals surface area contributed by atoms with Crippen LogP contribution in [0.25, 0.3) is 0 Å². The second-order valence-electron chi connectivity index (χ2n) is 26.6. The smallest absolute Gasteiger partial charge is 0.387 e. The van der Waals surface area contributed by atoms with E-state index in [4.69, 9.17) is 9.05 Å². The van der Waals surface area contributed by atoms with Gasteiger partial charge in [-0.1, -0.05) is 358 Å². The van der Waals surface area contributed by atoms with Gasteiger partial charge in [0.15, 0.2) is 0 Å². The Balaban J connectivity index is 4.18. The molecule has 9 heteroatoms. The largest absolute Gasteiger partial charge is 0.472 e. The van der Waals surface area contributed by atoms with Crippen LogP contribution in [0.2, 0.25) is 0 Å². The van der Waals surface area contributed by atoms with Crippen LogP contribution in [0.4, 0.5) is 0 Å². The summed E-state index contributed by atoms with van der Waals surface area (Å²) >= 11 is 0. The number of aliphatic hydroxyl groups excluding tert-OH is 1. The first-order valence-electron chi connectivity index (χ1n) is 38.4. The normalized spacial score (nSPS) is 14.4. The number of carbonyl (C=O) groups is 1. The molecule has 3 N–H and O–H groups in total. The van der Waals surface area contributed by atoms with Gasteiger partial charge in [-0.25, -0.2) is 4.57 Å². The van der Waals surface area contributed by atoms with E-state index < -0.39 is 20.0 Å². The number of phosphoric acid groups is 1. The van der Waals surface area contributed by atoms with Gasteiger partial charge in [-0.15, -0.1) is 0 Å². The monoisotopic (exact) mass is 1310 g/mol. The van der Waals surface area contributed by atoms with E-state index in [1.165, 1.54) is 180 Å². The number of unbranched alkanes of at least 4 members (excludes halogenated alkanes) is 32. The average molecular weight is 1310 g/mol. The Labute approximate surface area is 575 Å². The van der Waals surface area contributed by atoms with Gasteiger partial charge in [0, 0.05) is 6.42 Å². The number of amides is 1. The Hall–Kier alpha value is -3.88. The molecule has 0 aliphatic carbocycles. The van der Waals surface area contributed by atoms with Gasteiger partial charge in [-0.05, 0) is 109 Å². The van der Waals surface area contributed by atoms with Gasteiger partial charge in [0.05, 0.1) is 39.9 Å². The van der Waals surface area contributed by atoms with E-state index in [2.05, 4.69) is 165 Å². The van der Waals surface area contributed by atoms with Gasteiger partial charge in [-0.3, -0.25) is 13.8 Å². The van der Waals surface area contributed by atoms with Crippen LogP contribution in [0.5, 0.6) is 0 Å².